The number of rotatable bonds is 6. The van der Waals surface area contributed by atoms with Gasteiger partial charge in [-0.25, -0.2) is 17.8 Å². The summed E-state index contributed by atoms with van der Waals surface area (Å²) in [5.41, 5.74) is 2.42. The van der Waals surface area contributed by atoms with Gasteiger partial charge in [0.2, 0.25) is 0 Å². The van der Waals surface area contributed by atoms with Crippen LogP contribution in [0.25, 0.3) is 11.1 Å². The van der Waals surface area contributed by atoms with Gasteiger partial charge in [0.15, 0.2) is 0 Å². The second-order valence-electron chi connectivity index (χ2n) is 6.87. The van der Waals surface area contributed by atoms with Crippen molar-refractivity contribution >= 4 is 32.9 Å². The summed E-state index contributed by atoms with van der Waals surface area (Å²) in [5.74, 6) is -0.600. The summed E-state index contributed by atoms with van der Waals surface area (Å²) in [6.45, 7) is 5.86. The molecule has 0 saturated heterocycles. The summed E-state index contributed by atoms with van der Waals surface area (Å²) in [6, 6.07) is 15.9. The lowest BCUT2D eigenvalue weighted by Crippen LogP contribution is -2.18. The molecule has 170 valence electrons. The van der Waals surface area contributed by atoms with Crippen molar-refractivity contribution in [3.8, 4) is 11.1 Å². The van der Waals surface area contributed by atoms with E-state index in [0.717, 1.165) is 11.1 Å². The molecule has 2 aromatic carbocycles. The van der Waals surface area contributed by atoms with Crippen LogP contribution in [0.4, 0.5) is 10.2 Å². The maximum Gasteiger partial charge on any atom is 0.263 e. The van der Waals surface area contributed by atoms with Crippen LogP contribution in [0, 0.1) is 18.2 Å². The minimum Gasteiger partial charge on any atom is -0.299 e. The van der Waals surface area contributed by atoms with Gasteiger partial charge in [-0.2, -0.15) is 11.3 Å². The normalized spacial score (nSPS) is 10.8. The van der Waals surface area contributed by atoms with Gasteiger partial charge < -0.3 is 0 Å². The van der Waals surface area contributed by atoms with Crippen LogP contribution < -0.4 is 4.72 Å². The molecule has 4 aromatic rings. The highest BCUT2D eigenvalue weighted by molar-refractivity contribution is 7.92. The number of hydrogen-bond acceptors (Lipinski definition) is 5. The van der Waals surface area contributed by atoms with Crippen LogP contribution in [0.15, 0.2) is 82.5 Å². The Morgan fingerprint density at radius 2 is 1.73 bits per heavy atom. The number of nitrogens with zero attached hydrogens (tertiary/aromatic N) is 1. The van der Waals surface area contributed by atoms with Gasteiger partial charge in [0.1, 0.15) is 11.6 Å². The molecule has 0 atom stereocenters. The third-order valence-corrected chi connectivity index (χ3v) is 6.78. The van der Waals surface area contributed by atoms with E-state index in [1.807, 2.05) is 37.6 Å². The lowest BCUT2D eigenvalue weighted by atomic mass is 9.95. The summed E-state index contributed by atoms with van der Waals surface area (Å²) in [5, 5.41) is 12.5. The van der Waals surface area contributed by atoms with E-state index in [-0.39, 0.29) is 27.6 Å². The number of aryl methyl sites for hydroxylation is 1. The van der Waals surface area contributed by atoms with Gasteiger partial charge in [-0.15, -0.1) is 0 Å². The molecule has 0 aliphatic rings. The maximum atomic E-state index is 14.5. The third-order valence-electron chi connectivity index (χ3n) is 4.74. The van der Waals surface area contributed by atoms with Gasteiger partial charge in [-0.1, -0.05) is 43.7 Å². The highest BCUT2D eigenvalue weighted by atomic mass is 32.2. The predicted octanol–water partition coefficient (Wildman–Crippen LogP) is 6.50. The lowest BCUT2D eigenvalue weighted by Gasteiger charge is -2.16. The van der Waals surface area contributed by atoms with E-state index in [1.165, 1.54) is 47.9 Å². The zero-order valence-corrected chi connectivity index (χ0v) is 20.1. The molecule has 0 amide bonds. The Hall–Kier alpha value is -3.36. The highest BCUT2D eigenvalue weighted by Gasteiger charge is 2.23. The number of hydrogen-bond donors (Lipinski definition) is 2. The average molecular weight is 482 g/mol. The van der Waals surface area contributed by atoms with Gasteiger partial charge in [-0.3, -0.25) is 10.1 Å². The molecule has 0 unspecified atom stereocenters. The largest absolute Gasteiger partial charge is 0.299 e. The van der Waals surface area contributed by atoms with Crippen LogP contribution in [0.5, 0.6) is 0 Å². The number of nitrogens with one attached hydrogen (secondary N) is 2. The van der Waals surface area contributed by atoms with Crippen LogP contribution >= 0.6 is 11.3 Å². The van der Waals surface area contributed by atoms with Crippen LogP contribution in [-0.2, 0) is 10.0 Å². The minimum atomic E-state index is -3.96. The highest BCUT2D eigenvalue weighted by Crippen LogP contribution is 2.32. The first kappa shape index (κ1) is 24.3. The van der Waals surface area contributed by atoms with Crippen LogP contribution in [0.3, 0.4) is 0 Å². The summed E-state index contributed by atoms with van der Waals surface area (Å²) in [4.78, 5) is 4.28. The number of pyridine rings is 1. The van der Waals surface area contributed by atoms with Crippen LogP contribution in [-0.4, -0.2) is 19.1 Å². The molecular formula is C25H24FN3O2S2. The standard InChI is InChI=1S/C23H18FN3O2S2.C2H6/c1-15-6-8-17(9-7-15)31(28,29)27-23-21(22(25)19-4-2-3-5-20(19)24)18(10-12-26-23)16-11-13-30-14-16;1-2/h2-14,25H,1H3,(H,26,27);1-2H3. The second-order valence-corrected chi connectivity index (χ2v) is 9.33. The van der Waals surface area contributed by atoms with Gasteiger partial charge >= 0.3 is 0 Å². The maximum absolute atomic E-state index is 14.5. The first-order valence-corrected chi connectivity index (χ1v) is 12.7. The van der Waals surface area contributed by atoms with Crippen LogP contribution in [0.2, 0.25) is 0 Å². The SMILES string of the molecule is CC.Cc1ccc(S(=O)(=O)Nc2nccc(-c3ccsc3)c2C(=N)c2ccccc2F)cc1. The Bertz CT molecular complexity index is 1350. The Morgan fingerprint density at radius 3 is 2.36 bits per heavy atom. The number of anilines is 1. The van der Waals surface area contributed by atoms with Crippen molar-refractivity contribution in [2.45, 2.75) is 25.7 Å². The number of halogens is 1. The van der Waals surface area contributed by atoms with E-state index >= 15 is 0 Å². The molecule has 0 spiro atoms. The van der Waals surface area contributed by atoms with Crippen molar-refractivity contribution in [1.29, 1.82) is 5.41 Å². The van der Waals surface area contributed by atoms with Gasteiger partial charge in [0.25, 0.3) is 10.0 Å². The molecule has 0 saturated carbocycles. The van der Waals surface area contributed by atoms with Crippen molar-refractivity contribution in [2.75, 3.05) is 4.72 Å². The topological polar surface area (TPSA) is 82.9 Å². The molecule has 0 aliphatic carbocycles. The van der Waals surface area contributed by atoms with Crippen molar-refractivity contribution in [1.82, 2.24) is 4.98 Å². The minimum absolute atomic E-state index is 0.0301. The van der Waals surface area contributed by atoms with E-state index in [9.17, 15) is 12.8 Å². The van der Waals surface area contributed by atoms with E-state index in [4.69, 9.17) is 5.41 Å². The lowest BCUT2D eigenvalue weighted by molar-refractivity contribution is 0.601. The zero-order chi connectivity index (χ0) is 24.0. The van der Waals surface area contributed by atoms with Gasteiger partial charge in [-0.05, 0) is 65.2 Å². The number of sulfonamides is 1. The van der Waals surface area contributed by atoms with E-state index in [0.29, 0.717) is 5.56 Å². The Morgan fingerprint density at radius 1 is 1.03 bits per heavy atom. The molecule has 2 N–H and O–H groups in total. The summed E-state index contributed by atoms with van der Waals surface area (Å²) < 4.78 is 43.0. The van der Waals surface area contributed by atoms with E-state index in [2.05, 4.69) is 9.71 Å². The molecular weight excluding hydrogens is 457 g/mol. The number of thiophene rings is 1. The Balaban J connectivity index is 0.00000149. The molecule has 2 aromatic heterocycles. The smallest absolute Gasteiger partial charge is 0.263 e. The quantitative estimate of drug-likeness (QED) is 0.308. The summed E-state index contributed by atoms with van der Waals surface area (Å²) >= 11 is 1.47. The fourth-order valence-corrected chi connectivity index (χ4v) is 4.83. The summed E-state index contributed by atoms with van der Waals surface area (Å²) in [6.07, 6.45) is 1.47. The number of benzene rings is 2. The monoisotopic (exact) mass is 481 g/mol. The Labute approximate surface area is 197 Å². The van der Waals surface area contributed by atoms with Gasteiger partial charge in [0, 0.05) is 11.8 Å². The molecule has 33 heavy (non-hydrogen) atoms. The molecule has 5 nitrogen and oxygen atoms in total. The predicted molar refractivity (Wildman–Crippen MR) is 133 cm³/mol. The fourth-order valence-electron chi connectivity index (χ4n) is 3.15. The summed E-state index contributed by atoms with van der Waals surface area (Å²) in [7, 11) is -3.96. The number of aromatic nitrogens is 1. The molecule has 0 bridgehead atoms. The molecule has 2 heterocycles. The van der Waals surface area contributed by atoms with E-state index < -0.39 is 15.8 Å². The first-order chi connectivity index (χ1) is 15.9. The molecule has 0 aliphatic heterocycles. The van der Waals surface area contributed by atoms with Crippen molar-refractivity contribution in [2.24, 2.45) is 0 Å². The van der Waals surface area contributed by atoms with Crippen LogP contribution in [0.1, 0.15) is 30.5 Å². The Kier molecular flexibility index (Phi) is 7.73. The van der Waals surface area contributed by atoms with E-state index in [1.54, 1.807) is 24.3 Å². The van der Waals surface area contributed by atoms with Crippen molar-refractivity contribution in [3.63, 3.8) is 0 Å². The molecule has 8 heteroatoms. The average Bonchev–Trinajstić information content (AvgIpc) is 3.35. The third kappa shape index (κ3) is 5.35. The first-order valence-electron chi connectivity index (χ1n) is 10.3. The van der Waals surface area contributed by atoms with Crippen molar-refractivity contribution in [3.05, 3.63) is 100 Å². The fraction of sp³-hybridized carbons (Fsp3) is 0.120. The van der Waals surface area contributed by atoms with Gasteiger partial charge in [0.05, 0.1) is 16.2 Å². The zero-order valence-electron chi connectivity index (χ0n) is 18.5. The molecule has 0 radical (unpaired) electrons. The molecule has 4 rings (SSSR count). The molecule has 0 fully saturated rings. The van der Waals surface area contributed by atoms with Crippen molar-refractivity contribution < 1.29 is 12.8 Å². The second kappa shape index (κ2) is 10.5.